The second-order valence-corrected chi connectivity index (χ2v) is 6.95. The van der Waals surface area contributed by atoms with Crippen LogP contribution >= 0.6 is 35.0 Å². The zero-order valence-electron chi connectivity index (χ0n) is 12.4. The van der Waals surface area contributed by atoms with Gasteiger partial charge in [-0.3, -0.25) is 14.5 Å². The third-order valence-electron chi connectivity index (χ3n) is 3.40. The molecule has 7 heteroatoms. The molecule has 1 fully saturated rings. The Balaban J connectivity index is 1.81. The average Bonchev–Trinajstić information content (AvgIpc) is 3.03. The minimum absolute atomic E-state index is 0.195. The fourth-order valence-electron chi connectivity index (χ4n) is 2.18. The molecule has 0 spiro atoms. The molecule has 0 unspecified atom stereocenters. The number of hydrogen-bond acceptors (Lipinski definition) is 3. The van der Waals surface area contributed by atoms with E-state index in [-0.39, 0.29) is 5.91 Å². The first-order chi connectivity index (χ1) is 11.5. The zero-order valence-corrected chi connectivity index (χ0v) is 14.7. The maximum Gasteiger partial charge on any atom is 0.279 e. The first-order valence-electron chi connectivity index (χ1n) is 7.13. The molecule has 0 radical (unpaired) electrons. The Morgan fingerprint density at radius 2 is 1.46 bits per heavy atom. The monoisotopic (exact) mass is 378 g/mol. The van der Waals surface area contributed by atoms with Gasteiger partial charge in [-0.2, -0.15) is 4.99 Å². The normalized spacial score (nSPS) is 15.8. The lowest BCUT2D eigenvalue weighted by Crippen LogP contribution is -2.32. The van der Waals surface area contributed by atoms with Gasteiger partial charge >= 0.3 is 0 Å². The molecule has 122 valence electrons. The van der Waals surface area contributed by atoms with Crippen LogP contribution in [-0.2, 0) is 0 Å². The van der Waals surface area contributed by atoms with Crippen molar-refractivity contribution >= 4 is 51.9 Å². The highest BCUT2D eigenvalue weighted by atomic mass is 35.5. The first-order valence-corrected chi connectivity index (χ1v) is 8.87. The Hall–Kier alpha value is -1.82. The van der Waals surface area contributed by atoms with Crippen LogP contribution in [0, 0.1) is 0 Å². The van der Waals surface area contributed by atoms with E-state index in [0.29, 0.717) is 38.6 Å². The van der Waals surface area contributed by atoms with Gasteiger partial charge in [-0.15, -0.1) is 0 Å². The summed E-state index contributed by atoms with van der Waals surface area (Å²) >= 11 is 13.0. The lowest BCUT2D eigenvalue weighted by atomic mass is 10.2. The van der Waals surface area contributed by atoms with E-state index in [1.807, 2.05) is 0 Å². The molecule has 1 heterocycles. The van der Waals surface area contributed by atoms with Crippen molar-refractivity contribution in [3.05, 3.63) is 69.7 Å². The van der Waals surface area contributed by atoms with Crippen LogP contribution in [0.5, 0.6) is 0 Å². The van der Waals surface area contributed by atoms with Gasteiger partial charge in [-0.25, -0.2) is 0 Å². The number of carbonyl (C=O) groups excluding carboxylic acids is 2. The third-order valence-corrected chi connectivity index (χ3v) is 4.86. The molecule has 3 rings (SSSR count). The van der Waals surface area contributed by atoms with Gasteiger partial charge in [0.15, 0.2) is 5.17 Å². The standard InChI is InChI=1S/C17H12Cl2N2O2S/c18-13-5-1-11(2-6-13)15(22)20-17-21(9-10-24-17)16(23)12-3-7-14(19)8-4-12/h1-8H,9-10H2. The Kier molecular flexibility index (Phi) is 5.23. The molecule has 2 aromatic carbocycles. The zero-order chi connectivity index (χ0) is 17.1. The number of hydrogen-bond donors (Lipinski definition) is 0. The number of amidine groups is 1. The molecule has 2 aromatic rings. The van der Waals surface area contributed by atoms with Crippen molar-refractivity contribution in [1.29, 1.82) is 0 Å². The van der Waals surface area contributed by atoms with Gasteiger partial charge < -0.3 is 0 Å². The van der Waals surface area contributed by atoms with Gasteiger partial charge in [0.05, 0.1) is 0 Å². The largest absolute Gasteiger partial charge is 0.286 e. The number of thioether (sulfide) groups is 1. The van der Waals surface area contributed by atoms with Crippen LogP contribution in [-0.4, -0.2) is 34.2 Å². The van der Waals surface area contributed by atoms with Crippen molar-refractivity contribution in [3.63, 3.8) is 0 Å². The quantitative estimate of drug-likeness (QED) is 0.778. The summed E-state index contributed by atoms with van der Waals surface area (Å²) in [7, 11) is 0. The average molecular weight is 379 g/mol. The van der Waals surface area contributed by atoms with Crippen molar-refractivity contribution in [3.8, 4) is 0 Å². The highest BCUT2D eigenvalue weighted by Crippen LogP contribution is 2.22. The Bertz CT molecular complexity index is 804. The predicted molar refractivity (Wildman–Crippen MR) is 98.2 cm³/mol. The van der Waals surface area contributed by atoms with Gasteiger partial charge in [0.2, 0.25) is 0 Å². The number of nitrogens with zero attached hydrogens (tertiary/aromatic N) is 2. The second kappa shape index (κ2) is 7.38. The molecule has 0 aromatic heterocycles. The topological polar surface area (TPSA) is 49.7 Å². The van der Waals surface area contributed by atoms with E-state index in [2.05, 4.69) is 4.99 Å². The van der Waals surface area contributed by atoms with Crippen LogP contribution in [0.25, 0.3) is 0 Å². The lowest BCUT2D eigenvalue weighted by molar-refractivity contribution is 0.0859. The van der Waals surface area contributed by atoms with Crippen LogP contribution in [0.1, 0.15) is 20.7 Å². The minimum atomic E-state index is -0.398. The molecule has 0 N–H and O–H groups in total. The van der Waals surface area contributed by atoms with Gasteiger partial charge in [0.25, 0.3) is 11.8 Å². The van der Waals surface area contributed by atoms with E-state index in [0.717, 1.165) is 0 Å². The highest BCUT2D eigenvalue weighted by Gasteiger charge is 2.27. The second-order valence-electron chi connectivity index (χ2n) is 5.02. The number of halogens is 2. The van der Waals surface area contributed by atoms with Gasteiger partial charge in [0.1, 0.15) is 0 Å². The van der Waals surface area contributed by atoms with Crippen molar-refractivity contribution in [2.75, 3.05) is 12.3 Å². The van der Waals surface area contributed by atoms with Crippen molar-refractivity contribution < 1.29 is 9.59 Å². The summed E-state index contributed by atoms with van der Waals surface area (Å²) in [5.74, 6) is 0.107. The Morgan fingerprint density at radius 1 is 0.917 bits per heavy atom. The van der Waals surface area contributed by atoms with Gasteiger partial charge in [-0.1, -0.05) is 35.0 Å². The highest BCUT2D eigenvalue weighted by molar-refractivity contribution is 8.14. The number of rotatable bonds is 2. The van der Waals surface area contributed by atoms with E-state index >= 15 is 0 Å². The van der Waals surface area contributed by atoms with Gasteiger partial charge in [-0.05, 0) is 48.5 Å². The molecule has 24 heavy (non-hydrogen) atoms. The summed E-state index contributed by atoms with van der Waals surface area (Å²) in [6, 6.07) is 13.1. The summed E-state index contributed by atoms with van der Waals surface area (Å²) in [6.45, 7) is 0.513. The van der Waals surface area contributed by atoms with Crippen LogP contribution in [0.2, 0.25) is 10.0 Å². The number of carbonyl (C=O) groups is 2. The summed E-state index contributed by atoms with van der Waals surface area (Å²) in [5, 5.41) is 1.53. The molecule has 4 nitrogen and oxygen atoms in total. The Labute approximate surface area is 153 Å². The van der Waals surface area contributed by atoms with Crippen LogP contribution in [0.15, 0.2) is 53.5 Å². The van der Waals surface area contributed by atoms with Crippen molar-refractivity contribution in [1.82, 2.24) is 4.90 Å². The van der Waals surface area contributed by atoms with E-state index < -0.39 is 5.91 Å². The summed E-state index contributed by atoms with van der Waals surface area (Å²) < 4.78 is 0. The number of benzene rings is 2. The van der Waals surface area contributed by atoms with Gasteiger partial charge in [0, 0.05) is 33.5 Å². The van der Waals surface area contributed by atoms with E-state index in [1.54, 1.807) is 48.5 Å². The molecule has 0 bridgehead atoms. The van der Waals surface area contributed by atoms with Crippen LogP contribution in [0.3, 0.4) is 0 Å². The molecular formula is C17H12Cl2N2O2S. The molecular weight excluding hydrogens is 367 g/mol. The summed E-state index contributed by atoms with van der Waals surface area (Å²) in [5.41, 5.74) is 0.937. The molecule has 1 aliphatic rings. The molecule has 1 saturated heterocycles. The maximum absolute atomic E-state index is 12.6. The van der Waals surface area contributed by atoms with E-state index in [1.165, 1.54) is 16.7 Å². The number of aliphatic imine (C=N–C) groups is 1. The first kappa shape index (κ1) is 17.0. The lowest BCUT2D eigenvalue weighted by Gasteiger charge is -2.15. The minimum Gasteiger partial charge on any atom is -0.286 e. The molecule has 1 aliphatic heterocycles. The Morgan fingerprint density at radius 3 is 2.04 bits per heavy atom. The third kappa shape index (κ3) is 3.80. The molecule has 0 aliphatic carbocycles. The molecule has 2 amide bonds. The summed E-state index contributed by atoms with van der Waals surface area (Å²) in [4.78, 5) is 30.5. The van der Waals surface area contributed by atoms with Crippen molar-refractivity contribution in [2.45, 2.75) is 0 Å². The molecule has 0 atom stereocenters. The van der Waals surface area contributed by atoms with Crippen LogP contribution < -0.4 is 0 Å². The predicted octanol–water partition coefficient (Wildman–Crippen LogP) is 4.38. The SMILES string of the molecule is O=C(N=C1SCCN1C(=O)c1ccc(Cl)cc1)c1ccc(Cl)cc1. The number of amides is 2. The molecule has 0 saturated carbocycles. The van der Waals surface area contributed by atoms with Crippen LogP contribution in [0.4, 0.5) is 0 Å². The van der Waals surface area contributed by atoms with E-state index in [4.69, 9.17) is 23.2 Å². The fraction of sp³-hybridized carbons (Fsp3) is 0.118. The fourth-order valence-corrected chi connectivity index (χ4v) is 3.36. The van der Waals surface area contributed by atoms with Crippen molar-refractivity contribution in [2.24, 2.45) is 4.99 Å². The smallest absolute Gasteiger partial charge is 0.279 e. The summed E-state index contributed by atoms with van der Waals surface area (Å²) in [6.07, 6.45) is 0. The maximum atomic E-state index is 12.6. The van der Waals surface area contributed by atoms with E-state index in [9.17, 15) is 9.59 Å².